The zero-order valence-corrected chi connectivity index (χ0v) is 17.2. The predicted molar refractivity (Wildman–Crippen MR) is 104 cm³/mol. The van der Waals surface area contributed by atoms with Crippen molar-refractivity contribution in [2.45, 2.75) is 64.8 Å². The van der Waals surface area contributed by atoms with Crippen molar-refractivity contribution in [3.63, 3.8) is 0 Å². The van der Waals surface area contributed by atoms with Crippen LogP contribution in [0.15, 0.2) is 28.0 Å². The monoisotopic (exact) mass is 368 g/mol. The van der Waals surface area contributed by atoms with Crippen molar-refractivity contribution in [3.05, 3.63) is 33.7 Å². The van der Waals surface area contributed by atoms with Crippen LogP contribution in [0.5, 0.6) is 0 Å². The van der Waals surface area contributed by atoms with Crippen molar-refractivity contribution in [2.75, 3.05) is 5.75 Å². The zero-order valence-electron chi connectivity index (χ0n) is 15.6. The molecule has 2 atom stereocenters. The normalized spacial score (nSPS) is 22.0. The molecule has 0 saturated carbocycles. The summed E-state index contributed by atoms with van der Waals surface area (Å²) in [5.41, 5.74) is -0.238. The minimum Gasteiger partial charge on any atom is -0.266 e. The molecular formula is C19H29ClN2OS. The third-order valence-electron chi connectivity index (χ3n) is 4.55. The fourth-order valence-corrected chi connectivity index (χ4v) is 4.23. The minimum absolute atomic E-state index is 0.207. The van der Waals surface area contributed by atoms with Gasteiger partial charge in [-0.1, -0.05) is 44.5 Å². The molecule has 1 aromatic heterocycles. The highest BCUT2D eigenvalue weighted by atomic mass is 35.5. The van der Waals surface area contributed by atoms with Crippen molar-refractivity contribution >= 4 is 23.4 Å². The van der Waals surface area contributed by atoms with E-state index in [1.54, 1.807) is 18.0 Å². The Hall–Kier alpha value is -0.740. The Bertz CT molecular complexity index is 667. The van der Waals surface area contributed by atoms with Gasteiger partial charge in [0.05, 0.1) is 16.6 Å². The van der Waals surface area contributed by atoms with Crippen LogP contribution in [0.25, 0.3) is 0 Å². The third kappa shape index (κ3) is 4.66. The summed E-state index contributed by atoms with van der Waals surface area (Å²) in [5.74, 6) is 2.13. The lowest BCUT2D eigenvalue weighted by atomic mass is 9.74. The molecule has 1 heterocycles. The van der Waals surface area contributed by atoms with Crippen LogP contribution >= 0.6 is 23.4 Å². The summed E-state index contributed by atoms with van der Waals surface area (Å²) < 4.78 is 1.45. The Balaban J connectivity index is 2.04. The fourth-order valence-electron chi connectivity index (χ4n) is 2.93. The Kier molecular flexibility index (Phi) is 5.91. The second kappa shape index (κ2) is 7.25. The minimum atomic E-state index is -0.363. The van der Waals surface area contributed by atoms with E-state index < -0.39 is 0 Å². The third-order valence-corrected chi connectivity index (χ3v) is 6.24. The van der Waals surface area contributed by atoms with Crippen molar-refractivity contribution in [3.8, 4) is 0 Å². The van der Waals surface area contributed by atoms with Gasteiger partial charge in [0.1, 0.15) is 5.02 Å². The molecule has 0 spiro atoms. The van der Waals surface area contributed by atoms with Gasteiger partial charge in [-0.3, -0.25) is 4.79 Å². The maximum absolute atomic E-state index is 12.4. The van der Waals surface area contributed by atoms with Crippen LogP contribution in [0.2, 0.25) is 5.02 Å². The lowest BCUT2D eigenvalue weighted by Crippen LogP contribution is -2.36. The highest BCUT2D eigenvalue weighted by molar-refractivity contribution is 7.99. The van der Waals surface area contributed by atoms with Crippen LogP contribution in [-0.2, 0) is 5.54 Å². The first kappa shape index (κ1) is 19.6. The summed E-state index contributed by atoms with van der Waals surface area (Å²) >= 11 is 7.93. The molecule has 2 unspecified atom stereocenters. The van der Waals surface area contributed by atoms with E-state index in [1.807, 2.05) is 20.8 Å². The van der Waals surface area contributed by atoms with E-state index in [0.29, 0.717) is 17.3 Å². The van der Waals surface area contributed by atoms with E-state index in [0.717, 1.165) is 10.6 Å². The van der Waals surface area contributed by atoms with Gasteiger partial charge < -0.3 is 0 Å². The molecule has 0 radical (unpaired) electrons. The lowest BCUT2D eigenvalue weighted by molar-refractivity contribution is 0.257. The number of nitrogens with zero attached hydrogens (tertiary/aromatic N) is 2. The zero-order chi connectivity index (χ0) is 18.1. The molecule has 0 amide bonds. The maximum Gasteiger partial charge on any atom is 0.287 e. The van der Waals surface area contributed by atoms with Gasteiger partial charge >= 0.3 is 0 Å². The largest absolute Gasteiger partial charge is 0.287 e. The first-order valence-electron chi connectivity index (χ1n) is 8.59. The van der Waals surface area contributed by atoms with Gasteiger partial charge in [0, 0.05) is 5.75 Å². The number of hydrogen-bond donors (Lipinski definition) is 0. The molecule has 1 aliphatic carbocycles. The van der Waals surface area contributed by atoms with E-state index in [4.69, 9.17) is 11.6 Å². The summed E-state index contributed by atoms with van der Waals surface area (Å²) in [6.45, 7) is 12.7. The Labute approximate surface area is 154 Å². The summed E-state index contributed by atoms with van der Waals surface area (Å²) in [5, 5.41) is 4.59. The van der Waals surface area contributed by atoms with Crippen molar-refractivity contribution < 1.29 is 0 Å². The second-order valence-electron chi connectivity index (χ2n) is 8.72. The molecule has 5 heteroatoms. The number of halogens is 1. The summed E-state index contributed by atoms with van der Waals surface area (Å²) in [7, 11) is 0. The van der Waals surface area contributed by atoms with Crippen molar-refractivity contribution in [2.24, 2.45) is 17.3 Å². The molecular weight excluding hydrogens is 340 g/mol. The SMILES string of the molecule is CC(C)(C)C1C=CC(CSc2cnn(C(C)(C)C)c(=O)c2Cl)CC1. The average molecular weight is 369 g/mol. The first-order valence-corrected chi connectivity index (χ1v) is 9.96. The molecule has 3 nitrogen and oxygen atoms in total. The number of thioether (sulfide) groups is 1. The lowest BCUT2D eigenvalue weighted by Gasteiger charge is -2.32. The molecule has 1 aliphatic rings. The number of aromatic nitrogens is 2. The van der Waals surface area contributed by atoms with E-state index >= 15 is 0 Å². The summed E-state index contributed by atoms with van der Waals surface area (Å²) in [4.78, 5) is 13.2. The number of rotatable bonds is 3. The molecule has 0 saturated heterocycles. The van der Waals surface area contributed by atoms with Gasteiger partial charge in [-0.2, -0.15) is 5.10 Å². The van der Waals surface area contributed by atoms with Crippen molar-refractivity contribution in [1.82, 2.24) is 9.78 Å². The van der Waals surface area contributed by atoms with Crippen LogP contribution in [-0.4, -0.2) is 15.5 Å². The number of allylic oxidation sites excluding steroid dienone is 2. The van der Waals surface area contributed by atoms with E-state index in [1.165, 1.54) is 17.5 Å². The molecule has 0 N–H and O–H groups in total. The van der Waals surface area contributed by atoms with Gasteiger partial charge in [0.2, 0.25) is 0 Å². The maximum atomic E-state index is 12.4. The highest BCUT2D eigenvalue weighted by Crippen LogP contribution is 2.37. The van der Waals surface area contributed by atoms with Gasteiger partial charge in [0.15, 0.2) is 0 Å². The van der Waals surface area contributed by atoms with Gasteiger partial charge in [-0.15, -0.1) is 11.8 Å². The van der Waals surface area contributed by atoms with Crippen LogP contribution in [0.1, 0.15) is 54.4 Å². The summed E-state index contributed by atoms with van der Waals surface area (Å²) in [6.07, 6.45) is 8.85. The van der Waals surface area contributed by atoms with E-state index in [9.17, 15) is 4.79 Å². The molecule has 0 fully saturated rings. The molecule has 2 rings (SSSR count). The topological polar surface area (TPSA) is 34.9 Å². The van der Waals surface area contributed by atoms with E-state index in [2.05, 4.69) is 38.0 Å². The van der Waals surface area contributed by atoms with Gasteiger partial charge in [-0.25, -0.2) is 4.68 Å². The smallest absolute Gasteiger partial charge is 0.266 e. The Morgan fingerprint density at radius 2 is 1.88 bits per heavy atom. The predicted octanol–water partition coefficient (Wildman–Crippen LogP) is 5.37. The molecule has 0 bridgehead atoms. The molecule has 24 heavy (non-hydrogen) atoms. The van der Waals surface area contributed by atoms with Crippen LogP contribution < -0.4 is 5.56 Å². The first-order chi connectivity index (χ1) is 11.0. The quantitative estimate of drug-likeness (QED) is 0.531. The standard InChI is InChI=1S/C19H29ClN2OS/c1-18(2,3)14-9-7-13(8-10-14)12-24-15-11-21-22(19(4,5)6)17(23)16(15)20/h7,9,11,13-14H,8,10,12H2,1-6H3. The highest BCUT2D eigenvalue weighted by Gasteiger charge is 2.26. The van der Waals surface area contributed by atoms with Crippen LogP contribution in [0, 0.1) is 17.3 Å². The second-order valence-corrected chi connectivity index (χ2v) is 10.2. The van der Waals surface area contributed by atoms with Crippen LogP contribution in [0.3, 0.4) is 0 Å². The van der Waals surface area contributed by atoms with E-state index in [-0.39, 0.29) is 16.1 Å². The Morgan fingerprint density at radius 3 is 2.38 bits per heavy atom. The Morgan fingerprint density at radius 1 is 1.21 bits per heavy atom. The van der Waals surface area contributed by atoms with Crippen LogP contribution in [0.4, 0.5) is 0 Å². The number of hydrogen-bond acceptors (Lipinski definition) is 3. The summed E-state index contributed by atoms with van der Waals surface area (Å²) in [6, 6.07) is 0. The molecule has 134 valence electrons. The van der Waals surface area contributed by atoms with Gasteiger partial charge in [-0.05, 0) is 50.9 Å². The fraction of sp³-hybridized carbons (Fsp3) is 0.684. The van der Waals surface area contributed by atoms with Gasteiger partial charge in [0.25, 0.3) is 5.56 Å². The molecule has 0 aromatic carbocycles. The molecule has 1 aromatic rings. The van der Waals surface area contributed by atoms with Crippen molar-refractivity contribution in [1.29, 1.82) is 0 Å². The average Bonchev–Trinajstić information content (AvgIpc) is 2.47. The molecule has 0 aliphatic heterocycles.